The van der Waals surface area contributed by atoms with E-state index in [9.17, 15) is 9.90 Å². The molecule has 4 nitrogen and oxygen atoms in total. The Balaban J connectivity index is 1.19. The monoisotopic (exact) mass is 651 g/mol. The number of ketones is 1. The summed E-state index contributed by atoms with van der Waals surface area (Å²) in [4.78, 5) is 14.2. The van der Waals surface area contributed by atoms with Gasteiger partial charge < -0.3 is 14.4 Å². The molecule has 51 heavy (non-hydrogen) atoms. The Bertz CT molecular complexity index is 3010. The Hall–Kier alpha value is -6.43. The standard InChI is InChI=1S/C46H26BNO3/c49-45-31-12-6-15-35-42(31)47-43-32(45)13-7-19-39(43)51-40-20-8-16-36(44(40)47)46(35,50)34-14-5-9-27-22-21-26-23-24-28(25-33(26)41(27)34)48-37-17-3-1-10-29(37)30-11-2-4-18-38(30)48/h1-25,50H. The largest absolute Gasteiger partial charge is 0.458 e. The summed E-state index contributed by atoms with van der Waals surface area (Å²) in [6.45, 7) is -0.214. The number of benzene rings is 8. The molecule has 4 heterocycles. The van der Waals surface area contributed by atoms with Crippen molar-refractivity contribution in [3.8, 4) is 17.2 Å². The number of hydrogen-bond donors (Lipinski definition) is 1. The van der Waals surface area contributed by atoms with Gasteiger partial charge in [0.1, 0.15) is 17.1 Å². The molecule has 0 amide bonds. The lowest BCUT2D eigenvalue weighted by Gasteiger charge is -2.45. The summed E-state index contributed by atoms with van der Waals surface area (Å²) in [5, 5.41) is 20.3. The van der Waals surface area contributed by atoms with Crippen LogP contribution in [0.15, 0.2) is 152 Å². The van der Waals surface area contributed by atoms with Crippen molar-refractivity contribution in [2.45, 2.75) is 5.60 Å². The summed E-state index contributed by atoms with van der Waals surface area (Å²) in [5.74, 6) is 1.39. The molecule has 0 radical (unpaired) electrons. The first-order valence-corrected chi connectivity index (χ1v) is 17.4. The van der Waals surface area contributed by atoms with E-state index in [0.29, 0.717) is 22.6 Å². The van der Waals surface area contributed by atoms with Gasteiger partial charge in [-0.05, 0) is 80.0 Å². The Morgan fingerprint density at radius 3 is 1.90 bits per heavy atom. The molecule has 1 N–H and O–H groups in total. The summed E-state index contributed by atoms with van der Waals surface area (Å²) in [6.07, 6.45) is 0. The van der Waals surface area contributed by atoms with Crippen LogP contribution in [0.3, 0.4) is 0 Å². The zero-order valence-corrected chi connectivity index (χ0v) is 27.2. The molecule has 3 aliphatic rings. The highest BCUT2D eigenvalue weighted by Gasteiger charge is 2.53. The molecular weight excluding hydrogens is 625 g/mol. The maximum absolute atomic E-state index is 14.2. The van der Waals surface area contributed by atoms with Gasteiger partial charge in [0.15, 0.2) is 5.78 Å². The molecule has 0 saturated heterocycles. The smallest absolute Gasteiger partial charge is 0.253 e. The van der Waals surface area contributed by atoms with E-state index < -0.39 is 5.60 Å². The first-order chi connectivity index (χ1) is 25.1. The second kappa shape index (κ2) is 9.42. The van der Waals surface area contributed by atoms with Gasteiger partial charge in [0.2, 0.25) is 0 Å². The van der Waals surface area contributed by atoms with Crippen LogP contribution >= 0.6 is 0 Å². The lowest BCUT2D eigenvalue weighted by atomic mass is 9.28. The van der Waals surface area contributed by atoms with Crippen LogP contribution in [0.2, 0.25) is 0 Å². The van der Waals surface area contributed by atoms with E-state index in [4.69, 9.17) is 4.74 Å². The molecular formula is C46H26BNO3. The minimum atomic E-state index is -1.57. The van der Waals surface area contributed by atoms with E-state index in [1.807, 2.05) is 60.7 Å². The average Bonchev–Trinajstić information content (AvgIpc) is 3.52. The van der Waals surface area contributed by atoms with Crippen molar-refractivity contribution in [1.82, 2.24) is 4.57 Å². The fourth-order valence-corrected chi connectivity index (χ4v) is 9.63. The normalized spacial score (nSPS) is 16.6. The molecule has 0 fully saturated rings. The van der Waals surface area contributed by atoms with Gasteiger partial charge in [0.05, 0.1) is 11.0 Å². The van der Waals surface area contributed by atoms with Gasteiger partial charge >= 0.3 is 0 Å². The predicted octanol–water partition coefficient (Wildman–Crippen LogP) is 7.85. The van der Waals surface area contributed by atoms with Gasteiger partial charge in [-0.2, -0.15) is 0 Å². The molecule has 1 aromatic heterocycles. The molecule has 236 valence electrons. The number of aliphatic hydroxyl groups is 1. The Morgan fingerprint density at radius 2 is 1.12 bits per heavy atom. The highest BCUT2D eigenvalue weighted by atomic mass is 16.5. The molecule has 3 aliphatic heterocycles. The van der Waals surface area contributed by atoms with Crippen LogP contribution in [0.1, 0.15) is 32.6 Å². The van der Waals surface area contributed by atoms with Crippen molar-refractivity contribution in [1.29, 1.82) is 0 Å². The minimum Gasteiger partial charge on any atom is -0.458 e. The lowest BCUT2D eigenvalue weighted by Crippen LogP contribution is -2.67. The zero-order chi connectivity index (χ0) is 33.6. The van der Waals surface area contributed by atoms with Crippen molar-refractivity contribution in [2.75, 3.05) is 0 Å². The van der Waals surface area contributed by atoms with Crippen LogP contribution in [-0.4, -0.2) is 22.2 Å². The number of carbonyl (C=O) groups excluding carboxylic acids is 1. The van der Waals surface area contributed by atoms with Gasteiger partial charge in [-0.1, -0.05) is 121 Å². The third-order valence-electron chi connectivity index (χ3n) is 11.7. The third-order valence-corrected chi connectivity index (χ3v) is 11.7. The topological polar surface area (TPSA) is 51.5 Å². The van der Waals surface area contributed by atoms with Crippen molar-refractivity contribution in [3.05, 3.63) is 179 Å². The number of aromatic nitrogens is 1. The summed E-state index contributed by atoms with van der Waals surface area (Å²) >= 11 is 0. The van der Waals surface area contributed by atoms with Crippen LogP contribution in [0.4, 0.5) is 0 Å². The highest BCUT2D eigenvalue weighted by molar-refractivity contribution is 7.00. The molecule has 0 saturated carbocycles. The molecule has 0 aliphatic carbocycles. The molecule has 5 heteroatoms. The van der Waals surface area contributed by atoms with Crippen molar-refractivity contribution in [3.63, 3.8) is 0 Å². The summed E-state index contributed by atoms with van der Waals surface area (Å²) in [6, 6.07) is 51.8. The number of ether oxygens (including phenoxy) is 1. The van der Waals surface area contributed by atoms with Gasteiger partial charge in [0, 0.05) is 33.2 Å². The summed E-state index contributed by atoms with van der Waals surface area (Å²) < 4.78 is 8.88. The van der Waals surface area contributed by atoms with Crippen LogP contribution in [0.5, 0.6) is 11.5 Å². The zero-order valence-electron chi connectivity index (χ0n) is 27.2. The van der Waals surface area contributed by atoms with Crippen LogP contribution in [-0.2, 0) is 5.60 Å². The molecule has 0 spiro atoms. The third kappa shape index (κ3) is 3.28. The van der Waals surface area contributed by atoms with E-state index in [1.165, 1.54) is 10.8 Å². The SMILES string of the molecule is O=C1c2cccc3c2B2c4c(cccc4C(O)(c4cccc5ccc6ccc(-n7c8ccccc8c8ccccc87)cc6c45)c4cccc1c42)O3. The van der Waals surface area contributed by atoms with Gasteiger partial charge in [-0.25, -0.2) is 0 Å². The number of hydrogen-bond acceptors (Lipinski definition) is 3. The second-order valence-electron chi connectivity index (χ2n) is 14.0. The number of nitrogens with zero attached hydrogens (tertiary/aromatic N) is 1. The maximum atomic E-state index is 14.2. The van der Waals surface area contributed by atoms with Crippen LogP contribution in [0.25, 0.3) is 49.0 Å². The molecule has 12 rings (SSSR count). The number of carbonyl (C=O) groups is 1. The molecule has 8 aromatic carbocycles. The maximum Gasteiger partial charge on any atom is 0.253 e. The number of fused-ring (bicyclic) bond motifs is 6. The Morgan fingerprint density at radius 1 is 0.529 bits per heavy atom. The summed E-state index contributed by atoms with van der Waals surface area (Å²) in [7, 11) is 0. The second-order valence-corrected chi connectivity index (χ2v) is 14.0. The van der Waals surface area contributed by atoms with Crippen LogP contribution < -0.4 is 21.1 Å². The Labute approximate surface area is 292 Å². The fourth-order valence-electron chi connectivity index (χ4n) is 9.63. The number of para-hydroxylation sites is 2. The van der Waals surface area contributed by atoms with Gasteiger partial charge in [0.25, 0.3) is 6.71 Å². The molecule has 9 aromatic rings. The lowest BCUT2D eigenvalue weighted by molar-refractivity contribution is 0.103. The van der Waals surface area contributed by atoms with Crippen molar-refractivity contribution >= 4 is 72.2 Å². The first kappa shape index (κ1) is 27.4. The van der Waals surface area contributed by atoms with Crippen LogP contribution in [0, 0.1) is 0 Å². The minimum absolute atomic E-state index is 0.0343. The van der Waals surface area contributed by atoms with Gasteiger partial charge in [-0.15, -0.1) is 0 Å². The Kier molecular flexibility index (Phi) is 5.06. The van der Waals surface area contributed by atoms with E-state index >= 15 is 0 Å². The quantitative estimate of drug-likeness (QED) is 0.153. The summed E-state index contributed by atoms with van der Waals surface area (Å²) in [5.41, 5.74) is 8.08. The molecule has 0 bridgehead atoms. The van der Waals surface area contributed by atoms with E-state index in [2.05, 4.69) is 95.6 Å². The fraction of sp³-hybridized carbons (Fsp3) is 0.0217. The average molecular weight is 652 g/mol. The predicted molar refractivity (Wildman–Crippen MR) is 205 cm³/mol. The number of rotatable bonds is 2. The molecule has 1 unspecified atom stereocenters. The van der Waals surface area contributed by atoms with E-state index in [-0.39, 0.29) is 12.5 Å². The van der Waals surface area contributed by atoms with Crippen molar-refractivity contribution < 1.29 is 14.6 Å². The van der Waals surface area contributed by atoms with E-state index in [1.54, 1.807) is 0 Å². The highest BCUT2D eigenvalue weighted by Crippen LogP contribution is 2.47. The molecule has 1 atom stereocenters. The van der Waals surface area contributed by atoms with Crippen molar-refractivity contribution in [2.24, 2.45) is 0 Å². The van der Waals surface area contributed by atoms with E-state index in [0.717, 1.165) is 71.3 Å². The van der Waals surface area contributed by atoms with Gasteiger partial charge in [-0.3, -0.25) is 4.79 Å². The first-order valence-electron chi connectivity index (χ1n) is 17.4.